The highest BCUT2D eigenvalue weighted by molar-refractivity contribution is 7.10. The predicted molar refractivity (Wildman–Crippen MR) is 86.0 cm³/mol. The van der Waals surface area contributed by atoms with Crippen molar-refractivity contribution in [1.82, 2.24) is 14.6 Å². The lowest BCUT2D eigenvalue weighted by molar-refractivity contribution is -0.145. The molecule has 0 bridgehead atoms. The monoisotopic (exact) mass is 335 g/mol. The molecule has 0 aliphatic heterocycles. The number of carbonyl (C=O) groups excluding carboxylic acids is 1. The predicted octanol–water partition coefficient (Wildman–Crippen LogP) is 3.74. The number of hydrogen-bond acceptors (Lipinski definition) is 5. The Labute approximate surface area is 136 Å². The van der Waals surface area contributed by atoms with Gasteiger partial charge in [-0.1, -0.05) is 34.3 Å². The number of carbonyl (C=O) groups is 1. The van der Waals surface area contributed by atoms with E-state index in [0.29, 0.717) is 16.5 Å². The second-order valence-electron chi connectivity index (χ2n) is 4.87. The van der Waals surface area contributed by atoms with Crippen LogP contribution in [0.3, 0.4) is 0 Å². The second kappa shape index (κ2) is 6.89. The Hall–Kier alpha value is -1.92. The number of aromatic amines is 1. The van der Waals surface area contributed by atoms with Crippen molar-refractivity contribution in [3.63, 3.8) is 0 Å². The minimum absolute atomic E-state index is 0.0846. The fourth-order valence-corrected chi connectivity index (χ4v) is 2.87. The van der Waals surface area contributed by atoms with E-state index in [1.807, 2.05) is 24.4 Å². The van der Waals surface area contributed by atoms with Crippen molar-refractivity contribution in [2.75, 3.05) is 0 Å². The summed E-state index contributed by atoms with van der Waals surface area (Å²) in [6.45, 7) is 0.0846. The van der Waals surface area contributed by atoms with Crippen molar-refractivity contribution in [2.45, 2.75) is 25.9 Å². The van der Waals surface area contributed by atoms with Crippen molar-refractivity contribution in [3.05, 3.63) is 46.1 Å². The molecule has 3 rings (SSSR count). The zero-order chi connectivity index (χ0) is 15.4. The van der Waals surface area contributed by atoms with E-state index in [1.165, 1.54) is 10.9 Å². The summed E-state index contributed by atoms with van der Waals surface area (Å²) in [7, 11) is 0. The van der Waals surface area contributed by atoms with E-state index in [9.17, 15) is 4.79 Å². The fourth-order valence-electron chi connectivity index (χ4n) is 2.27. The number of ether oxygens (including phenoxy) is 1. The van der Waals surface area contributed by atoms with Crippen molar-refractivity contribution >= 4 is 40.0 Å². The Morgan fingerprint density at radius 2 is 2.23 bits per heavy atom. The zero-order valence-electron chi connectivity index (χ0n) is 11.7. The molecule has 0 aliphatic rings. The van der Waals surface area contributed by atoms with Gasteiger partial charge in [0.25, 0.3) is 0 Å². The van der Waals surface area contributed by atoms with Gasteiger partial charge in [-0.15, -0.1) is 5.10 Å². The standard InChI is InChI=1S/C15H14ClN3O2S/c16-15-13(18-19-22-15)9-21-14(20)7-3-4-10-8-17-12-6-2-1-5-11(10)12/h1-2,5-6,8,17H,3-4,7,9H2. The number of benzene rings is 1. The summed E-state index contributed by atoms with van der Waals surface area (Å²) >= 11 is 6.93. The third kappa shape index (κ3) is 3.45. The number of H-pyrrole nitrogens is 1. The number of aryl methyl sites for hydroxylation is 1. The second-order valence-corrected chi connectivity index (χ2v) is 6.22. The lowest BCUT2D eigenvalue weighted by Gasteiger charge is -2.03. The minimum atomic E-state index is -0.246. The van der Waals surface area contributed by atoms with Gasteiger partial charge in [-0.05, 0) is 24.5 Å². The van der Waals surface area contributed by atoms with Crippen LogP contribution in [0.2, 0.25) is 4.34 Å². The van der Waals surface area contributed by atoms with Gasteiger partial charge in [-0.3, -0.25) is 4.79 Å². The van der Waals surface area contributed by atoms with E-state index in [1.54, 1.807) is 0 Å². The molecule has 2 aromatic heterocycles. The molecule has 1 N–H and O–H groups in total. The number of halogens is 1. The topological polar surface area (TPSA) is 67.9 Å². The van der Waals surface area contributed by atoms with Crippen LogP contribution < -0.4 is 0 Å². The molecule has 0 fully saturated rings. The van der Waals surface area contributed by atoms with Crippen LogP contribution >= 0.6 is 23.1 Å². The molecule has 0 spiro atoms. The summed E-state index contributed by atoms with van der Waals surface area (Å²) < 4.78 is 9.30. The van der Waals surface area contributed by atoms with E-state index >= 15 is 0 Å². The van der Waals surface area contributed by atoms with E-state index in [4.69, 9.17) is 16.3 Å². The first-order valence-corrected chi connectivity index (χ1v) is 8.06. The lowest BCUT2D eigenvalue weighted by Crippen LogP contribution is -2.05. The number of fused-ring (bicyclic) bond motifs is 1. The van der Waals surface area contributed by atoms with Crippen LogP contribution in [-0.4, -0.2) is 20.5 Å². The summed E-state index contributed by atoms with van der Waals surface area (Å²) in [5.74, 6) is -0.246. The molecule has 0 saturated heterocycles. The number of esters is 1. The Balaban J connectivity index is 1.46. The summed E-state index contributed by atoms with van der Waals surface area (Å²) in [4.78, 5) is 15.0. The van der Waals surface area contributed by atoms with Gasteiger partial charge in [0.15, 0.2) is 0 Å². The SMILES string of the molecule is O=C(CCCc1c[nH]c2ccccc12)OCc1nnsc1Cl. The molecular weight excluding hydrogens is 322 g/mol. The highest BCUT2D eigenvalue weighted by Crippen LogP contribution is 2.20. The van der Waals surface area contributed by atoms with Crippen LogP contribution in [0.25, 0.3) is 10.9 Å². The Morgan fingerprint density at radius 1 is 1.36 bits per heavy atom. The van der Waals surface area contributed by atoms with Gasteiger partial charge in [0.2, 0.25) is 0 Å². The molecule has 5 nitrogen and oxygen atoms in total. The van der Waals surface area contributed by atoms with Crippen molar-refractivity contribution < 1.29 is 9.53 Å². The molecule has 7 heteroatoms. The van der Waals surface area contributed by atoms with Crippen LogP contribution in [0.4, 0.5) is 0 Å². The number of aromatic nitrogens is 3. The molecule has 0 amide bonds. The highest BCUT2D eigenvalue weighted by atomic mass is 35.5. The third-order valence-corrected chi connectivity index (χ3v) is 4.37. The minimum Gasteiger partial charge on any atom is -0.459 e. The molecule has 0 unspecified atom stereocenters. The number of para-hydroxylation sites is 1. The number of nitrogens with zero attached hydrogens (tertiary/aromatic N) is 2. The molecule has 0 atom stereocenters. The van der Waals surface area contributed by atoms with Crippen LogP contribution in [0.1, 0.15) is 24.1 Å². The van der Waals surface area contributed by atoms with Crippen LogP contribution in [0.15, 0.2) is 30.5 Å². The molecule has 2 heterocycles. The fraction of sp³-hybridized carbons (Fsp3) is 0.267. The van der Waals surface area contributed by atoms with Crippen LogP contribution in [-0.2, 0) is 22.6 Å². The Bertz CT molecular complexity index is 784. The largest absolute Gasteiger partial charge is 0.459 e. The maximum atomic E-state index is 11.7. The van der Waals surface area contributed by atoms with Gasteiger partial charge in [0.05, 0.1) is 0 Å². The quantitative estimate of drug-likeness (QED) is 0.697. The van der Waals surface area contributed by atoms with E-state index in [2.05, 4.69) is 20.6 Å². The summed E-state index contributed by atoms with van der Waals surface area (Å²) in [5, 5.41) is 5.00. The molecule has 0 saturated carbocycles. The summed E-state index contributed by atoms with van der Waals surface area (Å²) in [6, 6.07) is 8.13. The number of rotatable bonds is 6. The van der Waals surface area contributed by atoms with Gasteiger partial charge in [-0.25, -0.2) is 0 Å². The average molecular weight is 336 g/mol. The number of hydrogen-bond donors (Lipinski definition) is 1. The number of nitrogens with one attached hydrogen (secondary N) is 1. The van der Waals surface area contributed by atoms with E-state index in [0.717, 1.165) is 29.9 Å². The molecule has 114 valence electrons. The van der Waals surface area contributed by atoms with Crippen molar-refractivity contribution in [3.8, 4) is 0 Å². The maximum absolute atomic E-state index is 11.7. The van der Waals surface area contributed by atoms with E-state index < -0.39 is 0 Å². The third-order valence-electron chi connectivity index (χ3n) is 3.38. The van der Waals surface area contributed by atoms with Crippen LogP contribution in [0.5, 0.6) is 0 Å². The Morgan fingerprint density at radius 3 is 3.05 bits per heavy atom. The van der Waals surface area contributed by atoms with Crippen molar-refractivity contribution in [2.24, 2.45) is 0 Å². The highest BCUT2D eigenvalue weighted by Gasteiger charge is 2.10. The molecule has 0 radical (unpaired) electrons. The first-order valence-electron chi connectivity index (χ1n) is 6.91. The summed E-state index contributed by atoms with van der Waals surface area (Å²) in [6.07, 6.45) is 3.94. The normalized spacial score (nSPS) is 11.0. The smallest absolute Gasteiger partial charge is 0.306 e. The zero-order valence-corrected chi connectivity index (χ0v) is 13.3. The molecule has 3 aromatic rings. The summed E-state index contributed by atoms with van der Waals surface area (Å²) in [5.41, 5.74) is 2.84. The average Bonchev–Trinajstić information content (AvgIpc) is 3.12. The van der Waals surface area contributed by atoms with Gasteiger partial charge in [0.1, 0.15) is 16.6 Å². The lowest BCUT2D eigenvalue weighted by atomic mass is 10.1. The molecular formula is C15H14ClN3O2S. The van der Waals surface area contributed by atoms with E-state index in [-0.39, 0.29) is 12.6 Å². The first-order chi connectivity index (χ1) is 10.7. The van der Waals surface area contributed by atoms with Gasteiger partial charge in [0, 0.05) is 35.1 Å². The van der Waals surface area contributed by atoms with Gasteiger partial charge in [-0.2, -0.15) is 0 Å². The first kappa shape index (κ1) is 15.0. The van der Waals surface area contributed by atoms with Crippen LogP contribution in [0, 0.1) is 0 Å². The molecule has 22 heavy (non-hydrogen) atoms. The molecule has 0 aliphatic carbocycles. The van der Waals surface area contributed by atoms with Crippen molar-refractivity contribution in [1.29, 1.82) is 0 Å². The molecule has 1 aromatic carbocycles. The Kier molecular flexibility index (Phi) is 4.70. The maximum Gasteiger partial charge on any atom is 0.306 e. The van der Waals surface area contributed by atoms with Gasteiger partial charge >= 0.3 is 5.97 Å². The van der Waals surface area contributed by atoms with Gasteiger partial charge < -0.3 is 9.72 Å².